The molecule has 1 aliphatic carbocycles. The van der Waals surface area contributed by atoms with Gasteiger partial charge in [-0.25, -0.2) is 0 Å². The van der Waals surface area contributed by atoms with Gasteiger partial charge < -0.3 is 15.8 Å². The number of benzene rings is 2. The van der Waals surface area contributed by atoms with Crippen LogP contribution in [0.1, 0.15) is 43.2 Å². The number of hydrogen-bond acceptors (Lipinski definition) is 10. The first-order chi connectivity index (χ1) is 19.4. The summed E-state index contributed by atoms with van der Waals surface area (Å²) in [6.07, 6.45) is 2.62. The normalized spacial score (nSPS) is 17.0. The largest absolute Gasteiger partial charge is 0.497 e. The molecule has 0 spiro atoms. The Bertz CT molecular complexity index is 1550. The molecule has 0 radical (unpaired) electrons. The van der Waals surface area contributed by atoms with Crippen LogP contribution >= 0.6 is 23.1 Å². The smallest absolute Gasteiger partial charge is 0.234 e. The Kier molecular flexibility index (Phi) is 8.19. The average Bonchev–Trinajstić information content (AvgIpc) is 3.44. The number of nitrogens with zero attached hydrogens (tertiary/aromatic N) is 4. The van der Waals surface area contributed by atoms with Crippen LogP contribution in [0.5, 0.6) is 5.75 Å². The Balaban J connectivity index is 1.40. The number of Topliss-reactive ketones (excluding diaryl/α,β-unsaturated/α-hetero) is 1. The maximum Gasteiger partial charge on any atom is 0.234 e. The van der Waals surface area contributed by atoms with E-state index in [1.165, 1.54) is 28.7 Å². The minimum atomic E-state index is -0.587. The van der Waals surface area contributed by atoms with Gasteiger partial charge in [0.25, 0.3) is 0 Å². The number of aromatic nitrogens is 2. The van der Waals surface area contributed by atoms with E-state index in [2.05, 4.69) is 28.5 Å². The highest BCUT2D eigenvalue weighted by atomic mass is 32.2. The number of thioether (sulfide) groups is 1. The van der Waals surface area contributed by atoms with Gasteiger partial charge in [-0.05, 0) is 54.7 Å². The molecule has 0 fully saturated rings. The third-order valence-corrected chi connectivity index (χ3v) is 8.94. The van der Waals surface area contributed by atoms with Gasteiger partial charge in [-0.15, -0.1) is 10.2 Å². The second kappa shape index (κ2) is 11.9. The Morgan fingerprint density at radius 1 is 1.25 bits per heavy atom. The molecule has 11 heteroatoms. The maximum absolute atomic E-state index is 13.3. The Labute approximate surface area is 240 Å². The first-order valence-electron chi connectivity index (χ1n) is 12.9. The second-order valence-electron chi connectivity index (χ2n) is 9.33. The van der Waals surface area contributed by atoms with Crippen LogP contribution in [-0.4, -0.2) is 34.8 Å². The van der Waals surface area contributed by atoms with Crippen LogP contribution < -0.4 is 20.7 Å². The van der Waals surface area contributed by atoms with E-state index in [1.54, 1.807) is 12.0 Å². The van der Waals surface area contributed by atoms with Crippen LogP contribution in [0.3, 0.4) is 0 Å². The third kappa shape index (κ3) is 5.46. The van der Waals surface area contributed by atoms with Gasteiger partial charge in [0.1, 0.15) is 11.6 Å². The Morgan fingerprint density at radius 2 is 2.05 bits per heavy atom. The second-order valence-corrected chi connectivity index (χ2v) is 11.5. The molecule has 1 atom stereocenters. The van der Waals surface area contributed by atoms with Crippen LogP contribution in [0.15, 0.2) is 75.5 Å². The molecule has 1 aromatic heterocycles. The highest BCUT2D eigenvalue weighted by Crippen LogP contribution is 2.47. The number of nitrogens with two attached hydrogens (primary N) is 1. The molecule has 204 valence electrons. The predicted molar refractivity (Wildman–Crippen MR) is 156 cm³/mol. The van der Waals surface area contributed by atoms with Crippen LogP contribution in [0, 0.1) is 11.3 Å². The number of carbonyl (C=O) groups is 2. The molecule has 0 saturated carbocycles. The van der Waals surface area contributed by atoms with Crippen LogP contribution in [-0.2, 0) is 16.0 Å². The van der Waals surface area contributed by atoms with Gasteiger partial charge in [-0.1, -0.05) is 54.3 Å². The number of amides is 1. The standard InChI is InChI=1S/C29H28N6O3S2/c1-3-17-10-12-19(13-11-17)32-24(37)16-39-29-34-33-28(40-29)35-22-8-5-9-23(36)26(22)25(21(15-30)27(35)31)18-6-4-7-20(14-18)38-2/h4,6-7,10-14,25H,3,5,8-9,16,31H2,1-2H3,(H,32,37). The van der Waals surface area contributed by atoms with Crippen molar-refractivity contribution in [3.05, 3.63) is 82.3 Å². The summed E-state index contributed by atoms with van der Waals surface area (Å²) in [7, 11) is 1.58. The fourth-order valence-electron chi connectivity index (χ4n) is 4.96. The average molecular weight is 573 g/mol. The highest BCUT2D eigenvalue weighted by Gasteiger charge is 2.41. The predicted octanol–water partition coefficient (Wildman–Crippen LogP) is 5.14. The van der Waals surface area contributed by atoms with E-state index in [0.717, 1.165) is 23.4 Å². The van der Waals surface area contributed by atoms with E-state index in [-0.39, 0.29) is 28.8 Å². The molecule has 2 heterocycles. The summed E-state index contributed by atoms with van der Waals surface area (Å²) in [4.78, 5) is 27.5. The minimum absolute atomic E-state index is 0.0120. The zero-order valence-electron chi connectivity index (χ0n) is 22.1. The molecular formula is C29H28N6O3S2. The monoisotopic (exact) mass is 572 g/mol. The van der Waals surface area contributed by atoms with Crippen LogP contribution in [0.4, 0.5) is 10.8 Å². The van der Waals surface area contributed by atoms with Crippen LogP contribution in [0.2, 0.25) is 0 Å². The molecular weight excluding hydrogens is 544 g/mol. The molecule has 3 aromatic rings. The molecule has 5 rings (SSSR count). The summed E-state index contributed by atoms with van der Waals surface area (Å²) < 4.78 is 5.97. The lowest BCUT2D eigenvalue weighted by molar-refractivity contribution is -0.116. The van der Waals surface area contributed by atoms with Crippen molar-refractivity contribution in [3.63, 3.8) is 0 Å². The summed E-state index contributed by atoms with van der Waals surface area (Å²) in [5, 5.41) is 22.1. The number of nitriles is 1. The molecule has 0 bridgehead atoms. The summed E-state index contributed by atoms with van der Waals surface area (Å²) in [6, 6.07) is 17.4. The van der Waals surface area contributed by atoms with E-state index < -0.39 is 5.92 Å². The minimum Gasteiger partial charge on any atom is -0.497 e. The van der Waals surface area contributed by atoms with E-state index in [9.17, 15) is 14.9 Å². The van der Waals surface area contributed by atoms with E-state index in [0.29, 0.717) is 40.1 Å². The van der Waals surface area contributed by atoms with Gasteiger partial charge in [-0.3, -0.25) is 14.5 Å². The molecule has 1 aliphatic heterocycles. The van der Waals surface area contributed by atoms with Gasteiger partial charge in [0.2, 0.25) is 11.0 Å². The van der Waals surface area contributed by atoms with Gasteiger partial charge in [-0.2, -0.15) is 5.26 Å². The highest BCUT2D eigenvalue weighted by molar-refractivity contribution is 8.01. The lowest BCUT2D eigenvalue weighted by atomic mass is 9.76. The van der Waals surface area contributed by atoms with Crippen molar-refractivity contribution < 1.29 is 14.3 Å². The SMILES string of the molecule is CCc1ccc(NC(=O)CSc2nnc(N3C(N)=C(C#N)C(c4cccc(OC)c4)C4=C3CCCC4=O)s2)cc1. The summed E-state index contributed by atoms with van der Waals surface area (Å²) in [6.45, 7) is 2.08. The number of rotatable bonds is 8. The molecule has 2 aliphatic rings. The summed E-state index contributed by atoms with van der Waals surface area (Å²) in [5.41, 5.74) is 10.9. The Hall–Kier alpha value is -4.14. The van der Waals surface area contributed by atoms with Gasteiger partial charge in [0.15, 0.2) is 10.1 Å². The van der Waals surface area contributed by atoms with Crippen molar-refractivity contribution in [2.24, 2.45) is 5.73 Å². The fraction of sp³-hybridized carbons (Fsp3) is 0.276. The van der Waals surface area contributed by atoms with Crippen molar-refractivity contribution in [2.75, 3.05) is 23.1 Å². The number of nitrogens with one attached hydrogen (secondary N) is 1. The summed E-state index contributed by atoms with van der Waals surface area (Å²) >= 11 is 2.53. The van der Waals surface area contributed by atoms with E-state index in [4.69, 9.17) is 10.5 Å². The fourth-order valence-corrected chi connectivity index (χ4v) is 6.64. The van der Waals surface area contributed by atoms with E-state index >= 15 is 0 Å². The number of aryl methyl sites for hydroxylation is 1. The molecule has 3 N–H and O–H groups in total. The lowest BCUT2D eigenvalue weighted by Gasteiger charge is -2.38. The topological polar surface area (TPSA) is 134 Å². The first kappa shape index (κ1) is 27.4. The van der Waals surface area contributed by atoms with Gasteiger partial charge in [0, 0.05) is 23.4 Å². The molecule has 9 nitrogen and oxygen atoms in total. The van der Waals surface area contributed by atoms with Gasteiger partial charge >= 0.3 is 0 Å². The quantitative estimate of drug-likeness (QED) is 0.352. The summed E-state index contributed by atoms with van der Waals surface area (Å²) in [5.74, 6) is 0.263. The zero-order chi connectivity index (χ0) is 28.2. The number of anilines is 2. The number of ether oxygens (including phenoxy) is 1. The maximum atomic E-state index is 13.3. The zero-order valence-corrected chi connectivity index (χ0v) is 23.8. The van der Waals surface area contributed by atoms with Crippen molar-refractivity contribution in [1.82, 2.24) is 10.2 Å². The van der Waals surface area contributed by atoms with Crippen molar-refractivity contribution in [1.29, 1.82) is 5.26 Å². The van der Waals surface area contributed by atoms with Crippen molar-refractivity contribution >= 4 is 45.6 Å². The molecule has 1 amide bonds. The number of methoxy groups -OCH3 is 1. The Morgan fingerprint density at radius 3 is 2.77 bits per heavy atom. The lowest BCUT2D eigenvalue weighted by Crippen LogP contribution is -2.38. The molecule has 1 unspecified atom stereocenters. The third-order valence-electron chi connectivity index (χ3n) is 6.90. The van der Waals surface area contributed by atoms with E-state index in [1.807, 2.05) is 48.5 Å². The number of allylic oxidation sites excluding steroid dienone is 3. The number of hydrogen-bond donors (Lipinski definition) is 2. The molecule has 40 heavy (non-hydrogen) atoms. The van der Waals surface area contributed by atoms with Crippen molar-refractivity contribution in [2.45, 2.75) is 42.9 Å². The van der Waals surface area contributed by atoms with Crippen LogP contribution in [0.25, 0.3) is 0 Å². The first-order valence-corrected chi connectivity index (χ1v) is 14.7. The molecule has 0 saturated heterocycles. The molecule has 2 aromatic carbocycles. The number of ketones is 1. The van der Waals surface area contributed by atoms with Crippen molar-refractivity contribution in [3.8, 4) is 11.8 Å². The van der Waals surface area contributed by atoms with Gasteiger partial charge in [0.05, 0.1) is 30.4 Å². The number of carbonyl (C=O) groups excluding carboxylic acids is 2.